The fraction of sp³-hybridized carbons (Fsp3) is 0.462. The topological polar surface area (TPSA) is 69.9 Å². The van der Waals surface area contributed by atoms with Crippen molar-refractivity contribution >= 4 is 40.6 Å². The Morgan fingerprint density at radius 1 is 1.10 bits per heavy atom. The summed E-state index contributed by atoms with van der Waals surface area (Å²) < 4.78 is 11.7. The van der Waals surface area contributed by atoms with Crippen LogP contribution in [-0.4, -0.2) is 34.5 Å². The summed E-state index contributed by atoms with van der Waals surface area (Å²) >= 11 is 1.21. The molecule has 2 aromatic heterocycles. The SMILES string of the molecule is CCOC(=O)c1nc2sc(C(=O)OCC)c(C)n2c1C.Cl. The Hall–Kier alpha value is -1.60. The molecule has 0 aliphatic heterocycles. The van der Waals surface area contributed by atoms with Gasteiger partial charge in [0.25, 0.3) is 0 Å². The van der Waals surface area contributed by atoms with Crippen LogP contribution in [0.15, 0.2) is 0 Å². The van der Waals surface area contributed by atoms with Crippen LogP contribution < -0.4 is 0 Å². The molecule has 8 heteroatoms. The lowest BCUT2D eigenvalue weighted by Gasteiger charge is -2.02. The Kier molecular flexibility index (Phi) is 5.74. The van der Waals surface area contributed by atoms with Gasteiger partial charge in [0.05, 0.1) is 18.9 Å². The predicted molar refractivity (Wildman–Crippen MR) is 81.7 cm³/mol. The average molecular weight is 333 g/mol. The summed E-state index contributed by atoms with van der Waals surface area (Å²) in [5, 5.41) is 0. The lowest BCUT2D eigenvalue weighted by atomic mass is 10.3. The van der Waals surface area contributed by atoms with E-state index in [0.29, 0.717) is 28.7 Å². The number of hydrogen-bond acceptors (Lipinski definition) is 6. The number of fused-ring (bicyclic) bond motifs is 1. The zero-order valence-corrected chi connectivity index (χ0v) is 13.9. The predicted octanol–water partition coefficient (Wildman–Crippen LogP) is 2.79. The highest BCUT2D eigenvalue weighted by Crippen LogP contribution is 2.26. The van der Waals surface area contributed by atoms with Gasteiger partial charge in [-0.25, -0.2) is 14.6 Å². The summed E-state index contributed by atoms with van der Waals surface area (Å²) in [5.41, 5.74) is 1.68. The molecular weight excluding hydrogens is 316 g/mol. The number of aryl methyl sites for hydroxylation is 2. The molecule has 0 aromatic carbocycles. The summed E-state index contributed by atoms with van der Waals surface area (Å²) in [5.74, 6) is -0.810. The second-order valence-electron chi connectivity index (χ2n) is 4.12. The van der Waals surface area contributed by atoms with Crippen LogP contribution in [0.25, 0.3) is 4.96 Å². The molecule has 0 atom stereocenters. The van der Waals surface area contributed by atoms with Crippen molar-refractivity contribution in [3.8, 4) is 0 Å². The Morgan fingerprint density at radius 3 is 2.19 bits per heavy atom. The zero-order valence-electron chi connectivity index (χ0n) is 12.3. The smallest absolute Gasteiger partial charge is 0.358 e. The fourth-order valence-corrected chi connectivity index (χ4v) is 3.05. The number of carbonyl (C=O) groups excluding carboxylic acids is 2. The molecule has 0 radical (unpaired) electrons. The van der Waals surface area contributed by atoms with Crippen LogP contribution >= 0.6 is 23.7 Å². The Balaban J connectivity index is 0.00000220. The Morgan fingerprint density at radius 2 is 1.67 bits per heavy atom. The van der Waals surface area contributed by atoms with E-state index in [1.807, 2.05) is 0 Å². The molecule has 0 spiro atoms. The minimum atomic E-state index is -0.446. The van der Waals surface area contributed by atoms with E-state index in [9.17, 15) is 9.59 Å². The van der Waals surface area contributed by atoms with Gasteiger partial charge < -0.3 is 9.47 Å². The van der Waals surface area contributed by atoms with Gasteiger partial charge in [-0.2, -0.15) is 0 Å². The standard InChI is InChI=1S/C13H16N2O4S.ClH/c1-5-18-11(16)9-7(3)15-8(4)10(12(17)19-6-2)20-13(15)14-9;/h5-6H2,1-4H3;1H. The zero-order chi connectivity index (χ0) is 14.9. The first-order valence-electron chi connectivity index (χ1n) is 6.33. The van der Waals surface area contributed by atoms with Gasteiger partial charge in [-0.3, -0.25) is 4.40 Å². The maximum atomic E-state index is 11.8. The number of nitrogens with zero attached hydrogens (tertiary/aromatic N) is 2. The van der Waals surface area contributed by atoms with Gasteiger partial charge in [0.15, 0.2) is 10.7 Å². The maximum absolute atomic E-state index is 11.8. The van der Waals surface area contributed by atoms with Crippen molar-refractivity contribution in [1.29, 1.82) is 0 Å². The molecule has 2 heterocycles. The van der Waals surface area contributed by atoms with E-state index in [1.165, 1.54) is 11.3 Å². The first-order chi connectivity index (χ1) is 9.51. The summed E-state index contributed by atoms with van der Waals surface area (Å²) in [6.07, 6.45) is 0. The van der Waals surface area contributed by atoms with E-state index >= 15 is 0 Å². The monoisotopic (exact) mass is 332 g/mol. The molecule has 0 amide bonds. The second kappa shape index (κ2) is 6.91. The van der Waals surface area contributed by atoms with Gasteiger partial charge in [0, 0.05) is 5.69 Å². The number of ether oxygens (including phenoxy) is 2. The molecule has 0 aliphatic rings. The molecule has 0 bridgehead atoms. The number of aromatic nitrogens is 2. The lowest BCUT2D eigenvalue weighted by molar-refractivity contribution is 0.0515. The van der Waals surface area contributed by atoms with Crippen molar-refractivity contribution in [1.82, 2.24) is 9.38 Å². The van der Waals surface area contributed by atoms with E-state index in [0.717, 1.165) is 5.69 Å². The number of hydrogen-bond donors (Lipinski definition) is 0. The molecule has 116 valence electrons. The fourth-order valence-electron chi connectivity index (χ4n) is 1.98. The molecule has 2 aromatic rings. The van der Waals surface area contributed by atoms with E-state index < -0.39 is 5.97 Å². The summed E-state index contributed by atoms with van der Waals surface area (Å²) in [4.78, 5) is 29.0. The number of carbonyl (C=O) groups is 2. The summed E-state index contributed by atoms with van der Waals surface area (Å²) in [7, 11) is 0. The number of imidazole rings is 1. The highest BCUT2D eigenvalue weighted by molar-refractivity contribution is 7.19. The number of esters is 2. The quantitative estimate of drug-likeness (QED) is 0.805. The van der Waals surface area contributed by atoms with E-state index in [4.69, 9.17) is 9.47 Å². The van der Waals surface area contributed by atoms with Crippen molar-refractivity contribution in [2.45, 2.75) is 27.7 Å². The first-order valence-corrected chi connectivity index (χ1v) is 7.15. The molecule has 0 saturated heterocycles. The Labute approximate surface area is 132 Å². The van der Waals surface area contributed by atoms with Gasteiger partial charge in [0.2, 0.25) is 0 Å². The summed E-state index contributed by atoms with van der Waals surface area (Å²) in [6, 6.07) is 0. The third-order valence-electron chi connectivity index (χ3n) is 2.86. The largest absolute Gasteiger partial charge is 0.462 e. The number of halogens is 1. The van der Waals surface area contributed by atoms with Crippen LogP contribution in [0, 0.1) is 13.8 Å². The van der Waals surface area contributed by atoms with E-state index in [1.54, 1.807) is 32.1 Å². The molecule has 0 unspecified atom stereocenters. The number of thiazole rings is 1. The highest BCUT2D eigenvalue weighted by Gasteiger charge is 2.24. The van der Waals surface area contributed by atoms with Crippen LogP contribution in [0.3, 0.4) is 0 Å². The van der Waals surface area contributed by atoms with E-state index in [-0.39, 0.29) is 24.1 Å². The van der Waals surface area contributed by atoms with Gasteiger partial charge >= 0.3 is 11.9 Å². The van der Waals surface area contributed by atoms with Crippen LogP contribution in [0.4, 0.5) is 0 Å². The third kappa shape index (κ3) is 3.03. The Bertz CT molecular complexity index is 624. The van der Waals surface area contributed by atoms with Crippen molar-refractivity contribution in [3.05, 3.63) is 22.0 Å². The van der Waals surface area contributed by atoms with Gasteiger partial charge in [0.1, 0.15) is 4.88 Å². The first kappa shape index (κ1) is 17.5. The van der Waals surface area contributed by atoms with Crippen LogP contribution in [-0.2, 0) is 9.47 Å². The lowest BCUT2D eigenvalue weighted by Crippen LogP contribution is -2.08. The minimum absolute atomic E-state index is 0. The van der Waals surface area contributed by atoms with Crippen LogP contribution in [0.2, 0.25) is 0 Å². The highest BCUT2D eigenvalue weighted by atomic mass is 35.5. The van der Waals surface area contributed by atoms with Gasteiger partial charge in [-0.05, 0) is 27.7 Å². The van der Waals surface area contributed by atoms with Crippen LogP contribution in [0.1, 0.15) is 45.4 Å². The molecule has 0 aliphatic carbocycles. The molecule has 0 saturated carbocycles. The molecule has 2 rings (SSSR count). The molecule has 6 nitrogen and oxygen atoms in total. The van der Waals surface area contributed by atoms with Gasteiger partial charge in [-0.1, -0.05) is 11.3 Å². The maximum Gasteiger partial charge on any atom is 0.358 e. The van der Waals surface area contributed by atoms with Crippen LogP contribution in [0.5, 0.6) is 0 Å². The van der Waals surface area contributed by atoms with Crippen molar-refractivity contribution in [3.63, 3.8) is 0 Å². The molecule has 0 fully saturated rings. The normalized spacial score (nSPS) is 10.3. The van der Waals surface area contributed by atoms with Crippen molar-refractivity contribution in [2.24, 2.45) is 0 Å². The van der Waals surface area contributed by atoms with Crippen molar-refractivity contribution in [2.75, 3.05) is 13.2 Å². The molecule has 21 heavy (non-hydrogen) atoms. The number of rotatable bonds is 4. The minimum Gasteiger partial charge on any atom is -0.462 e. The average Bonchev–Trinajstić information content (AvgIpc) is 2.89. The molecule has 0 N–H and O–H groups in total. The molecular formula is C13H17ClN2O4S. The summed E-state index contributed by atoms with van der Waals surface area (Å²) in [6.45, 7) is 7.72. The third-order valence-corrected chi connectivity index (χ3v) is 3.99. The second-order valence-corrected chi connectivity index (χ2v) is 5.10. The van der Waals surface area contributed by atoms with E-state index in [2.05, 4.69) is 4.98 Å². The van der Waals surface area contributed by atoms with Gasteiger partial charge in [-0.15, -0.1) is 12.4 Å². The van der Waals surface area contributed by atoms with Crippen molar-refractivity contribution < 1.29 is 19.1 Å².